The number of benzene rings is 1. The Balaban J connectivity index is 1.14. The summed E-state index contributed by atoms with van der Waals surface area (Å²) in [5.74, 6) is 2.26. The third kappa shape index (κ3) is 5.05. The third-order valence-corrected chi connectivity index (χ3v) is 7.17. The fraction of sp³-hybridized carbons (Fsp3) is 0.560. The Morgan fingerprint density at radius 2 is 1.73 bits per heavy atom. The van der Waals surface area contributed by atoms with Crippen molar-refractivity contribution in [1.29, 1.82) is 0 Å². The van der Waals surface area contributed by atoms with Gasteiger partial charge in [0.15, 0.2) is 6.61 Å². The molecule has 8 nitrogen and oxygen atoms in total. The average molecular weight is 452 g/mol. The molecule has 0 N–H and O–H groups in total. The molecule has 8 heteroatoms. The molecular weight excluding hydrogens is 418 g/mol. The highest BCUT2D eigenvalue weighted by atomic mass is 16.5. The first-order valence-electron chi connectivity index (χ1n) is 12.1. The number of nitrogens with zero attached hydrogens (tertiary/aromatic N) is 5. The minimum Gasteiger partial charge on any atom is -0.497 e. The molecule has 0 spiro atoms. The maximum absolute atomic E-state index is 12.8. The van der Waals surface area contributed by atoms with Gasteiger partial charge in [0.25, 0.3) is 5.91 Å². The van der Waals surface area contributed by atoms with Crippen LogP contribution in [-0.4, -0.2) is 84.7 Å². The predicted octanol–water partition coefficient (Wildman–Crippen LogP) is 2.17. The van der Waals surface area contributed by atoms with Gasteiger partial charge in [0.05, 0.1) is 12.8 Å². The van der Waals surface area contributed by atoms with Crippen LogP contribution in [0.25, 0.3) is 0 Å². The number of carbonyl (C=O) groups excluding carboxylic acids is 1. The van der Waals surface area contributed by atoms with E-state index in [1.807, 2.05) is 35.4 Å². The van der Waals surface area contributed by atoms with E-state index in [1.165, 1.54) is 19.3 Å². The van der Waals surface area contributed by atoms with Crippen molar-refractivity contribution in [2.45, 2.75) is 38.1 Å². The van der Waals surface area contributed by atoms with Gasteiger partial charge in [0.2, 0.25) is 5.95 Å². The number of methoxy groups -OCH3 is 1. The summed E-state index contributed by atoms with van der Waals surface area (Å²) in [5, 5.41) is 0. The van der Waals surface area contributed by atoms with Gasteiger partial charge < -0.3 is 19.3 Å². The summed E-state index contributed by atoms with van der Waals surface area (Å²) >= 11 is 0. The van der Waals surface area contributed by atoms with Crippen LogP contribution >= 0.6 is 0 Å². The summed E-state index contributed by atoms with van der Waals surface area (Å²) < 4.78 is 10.8. The quantitative estimate of drug-likeness (QED) is 0.667. The van der Waals surface area contributed by atoms with Crippen molar-refractivity contribution >= 4 is 11.9 Å². The van der Waals surface area contributed by atoms with Crippen LogP contribution < -0.4 is 14.4 Å². The molecule has 1 aromatic carbocycles. The summed E-state index contributed by atoms with van der Waals surface area (Å²) in [6.45, 7) is 5.53. The van der Waals surface area contributed by atoms with Crippen molar-refractivity contribution in [2.24, 2.45) is 0 Å². The lowest BCUT2D eigenvalue weighted by Gasteiger charge is -2.43. The molecule has 0 unspecified atom stereocenters. The number of anilines is 1. The van der Waals surface area contributed by atoms with Gasteiger partial charge in [0, 0.05) is 57.9 Å². The second-order valence-corrected chi connectivity index (χ2v) is 9.09. The molecule has 1 saturated carbocycles. The highest BCUT2D eigenvalue weighted by Crippen LogP contribution is 2.26. The van der Waals surface area contributed by atoms with Crippen molar-refractivity contribution in [2.75, 3.05) is 57.9 Å². The highest BCUT2D eigenvalue weighted by Gasteiger charge is 2.29. The Bertz CT molecular complexity index is 955. The molecule has 2 fully saturated rings. The largest absolute Gasteiger partial charge is 0.497 e. The van der Waals surface area contributed by atoms with Gasteiger partial charge in [-0.15, -0.1) is 0 Å². The number of ether oxygens (including phenoxy) is 2. The van der Waals surface area contributed by atoms with E-state index in [4.69, 9.17) is 14.5 Å². The molecule has 1 amide bonds. The summed E-state index contributed by atoms with van der Waals surface area (Å²) in [4.78, 5) is 29.2. The van der Waals surface area contributed by atoms with Crippen LogP contribution in [-0.2, 0) is 17.6 Å². The van der Waals surface area contributed by atoms with E-state index in [1.54, 1.807) is 7.11 Å². The van der Waals surface area contributed by atoms with E-state index in [-0.39, 0.29) is 12.5 Å². The fourth-order valence-electron chi connectivity index (χ4n) is 4.81. The van der Waals surface area contributed by atoms with Crippen molar-refractivity contribution < 1.29 is 14.3 Å². The Labute approximate surface area is 195 Å². The van der Waals surface area contributed by atoms with Crippen LogP contribution in [0.15, 0.2) is 30.5 Å². The first kappa shape index (κ1) is 21.9. The summed E-state index contributed by atoms with van der Waals surface area (Å²) in [6, 6.07) is 8.08. The Kier molecular flexibility index (Phi) is 6.62. The molecule has 1 aromatic heterocycles. The number of hydrogen-bond donors (Lipinski definition) is 0. The van der Waals surface area contributed by atoms with Crippen LogP contribution in [0.5, 0.6) is 11.5 Å². The lowest BCUT2D eigenvalue weighted by Crippen LogP contribution is -2.52. The topological polar surface area (TPSA) is 71.0 Å². The Morgan fingerprint density at radius 1 is 1.00 bits per heavy atom. The third-order valence-electron chi connectivity index (χ3n) is 7.17. The molecule has 2 aliphatic heterocycles. The van der Waals surface area contributed by atoms with Crippen LogP contribution in [0.1, 0.15) is 30.5 Å². The molecule has 0 atom stereocenters. The number of fused-ring (bicyclic) bond motifs is 1. The number of piperazine rings is 1. The zero-order valence-electron chi connectivity index (χ0n) is 19.4. The number of rotatable bonds is 6. The summed E-state index contributed by atoms with van der Waals surface area (Å²) in [5.41, 5.74) is 2.23. The van der Waals surface area contributed by atoms with Gasteiger partial charge in [-0.1, -0.05) is 6.42 Å². The zero-order chi connectivity index (χ0) is 22.6. The van der Waals surface area contributed by atoms with Crippen LogP contribution in [0.2, 0.25) is 0 Å². The summed E-state index contributed by atoms with van der Waals surface area (Å²) in [6.07, 6.45) is 7.59. The lowest BCUT2D eigenvalue weighted by atomic mass is 9.91. The molecule has 1 aliphatic carbocycles. The highest BCUT2D eigenvalue weighted by molar-refractivity contribution is 5.78. The van der Waals surface area contributed by atoms with Gasteiger partial charge >= 0.3 is 0 Å². The lowest BCUT2D eigenvalue weighted by molar-refractivity contribution is -0.133. The molecule has 0 bridgehead atoms. The Hall–Kier alpha value is -2.87. The van der Waals surface area contributed by atoms with Crippen molar-refractivity contribution in [3.8, 4) is 11.5 Å². The fourth-order valence-corrected chi connectivity index (χ4v) is 4.81. The summed E-state index contributed by atoms with van der Waals surface area (Å²) in [7, 11) is 1.63. The van der Waals surface area contributed by atoms with E-state index in [2.05, 4.69) is 14.8 Å². The first-order valence-corrected chi connectivity index (χ1v) is 12.1. The Morgan fingerprint density at radius 3 is 2.42 bits per heavy atom. The number of amides is 1. The van der Waals surface area contributed by atoms with Gasteiger partial charge in [0.1, 0.15) is 11.5 Å². The maximum atomic E-state index is 12.8. The minimum absolute atomic E-state index is 0.000997. The van der Waals surface area contributed by atoms with Crippen LogP contribution in [0, 0.1) is 0 Å². The van der Waals surface area contributed by atoms with Crippen molar-refractivity contribution in [3.63, 3.8) is 0 Å². The zero-order valence-corrected chi connectivity index (χ0v) is 19.4. The smallest absolute Gasteiger partial charge is 0.260 e. The standard InChI is InChI=1S/C25H33N5O3/c1-32-21-5-7-22(8-6-21)33-18-24(31)29-11-9-19-17-26-25(27-23(19)10-12-29)30-15-13-28(14-16-30)20-3-2-4-20/h5-8,17,20H,2-4,9-16,18H2,1H3. The predicted molar refractivity (Wildman–Crippen MR) is 126 cm³/mol. The molecule has 1 saturated heterocycles. The first-order chi connectivity index (χ1) is 16.2. The van der Waals surface area contributed by atoms with Crippen LogP contribution in [0.4, 0.5) is 5.95 Å². The number of aromatic nitrogens is 2. The molecule has 0 radical (unpaired) electrons. The van der Waals surface area contributed by atoms with Crippen molar-refractivity contribution in [3.05, 3.63) is 41.7 Å². The molecule has 176 valence electrons. The SMILES string of the molecule is COc1ccc(OCC(=O)N2CCc3cnc(N4CCN(C5CCC5)CC4)nc3CC2)cc1. The molecular formula is C25H33N5O3. The maximum Gasteiger partial charge on any atom is 0.260 e. The molecule has 2 aromatic rings. The van der Waals surface area contributed by atoms with E-state index in [0.29, 0.717) is 18.8 Å². The average Bonchev–Trinajstić information content (AvgIpc) is 3.04. The van der Waals surface area contributed by atoms with Gasteiger partial charge in [-0.2, -0.15) is 0 Å². The van der Waals surface area contributed by atoms with E-state index in [9.17, 15) is 4.79 Å². The van der Waals surface area contributed by atoms with E-state index >= 15 is 0 Å². The van der Waals surface area contributed by atoms with Gasteiger partial charge in [-0.25, -0.2) is 9.97 Å². The van der Waals surface area contributed by atoms with E-state index in [0.717, 1.165) is 68.0 Å². The number of carbonyl (C=O) groups is 1. The molecule has 5 rings (SSSR count). The van der Waals surface area contributed by atoms with Gasteiger partial charge in [-0.3, -0.25) is 9.69 Å². The van der Waals surface area contributed by atoms with Crippen LogP contribution in [0.3, 0.4) is 0 Å². The van der Waals surface area contributed by atoms with Gasteiger partial charge in [-0.05, 0) is 49.1 Å². The van der Waals surface area contributed by atoms with Crippen molar-refractivity contribution in [1.82, 2.24) is 19.8 Å². The monoisotopic (exact) mass is 451 g/mol. The minimum atomic E-state index is -0.000997. The molecule has 3 aliphatic rings. The second-order valence-electron chi connectivity index (χ2n) is 9.09. The normalized spacial score (nSPS) is 19.4. The molecule has 33 heavy (non-hydrogen) atoms. The second kappa shape index (κ2) is 9.95. The molecule has 3 heterocycles. The van der Waals surface area contributed by atoms with E-state index < -0.39 is 0 Å². The number of hydrogen-bond acceptors (Lipinski definition) is 7.